The lowest BCUT2D eigenvalue weighted by Crippen LogP contribution is -2.35. The van der Waals surface area contributed by atoms with E-state index in [9.17, 15) is 36.4 Å². The Morgan fingerprint density at radius 3 is 2.63 bits per heavy atom. The monoisotopic (exact) mass is 550 g/mol. The van der Waals surface area contributed by atoms with Gasteiger partial charge in [0.05, 0.1) is 22.1 Å². The maximum absolute atomic E-state index is 13.5. The number of anilines is 1. The molecular weight excluding hydrogens is 533 g/mol. The number of alkyl halides is 3. The van der Waals surface area contributed by atoms with Crippen LogP contribution in [0.1, 0.15) is 47.8 Å². The molecule has 0 bridgehead atoms. The third-order valence-electron chi connectivity index (χ3n) is 5.10. The van der Waals surface area contributed by atoms with Crippen LogP contribution in [0.25, 0.3) is 0 Å². The van der Waals surface area contributed by atoms with Crippen LogP contribution in [0.2, 0.25) is 4.34 Å². The van der Waals surface area contributed by atoms with Crippen LogP contribution in [-0.4, -0.2) is 37.9 Å². The largest absolute Gasteiger partial charge is 0.462 e. The minimum Gasteiger partial charge on any atom is -0.462 e. The number of carbonyl (C=O) groups excluding carboxylic acids is 2. The van der Waals surface area contributed by atoms with Gasteiger partial charge in [0.2, 0.25) is 5.91 Å². The molecule has 1 saturated carbocycles. The van der Waals surface area contributed by atoms with Crippen molar-refractivity contribution in [2.24, 2.45) is 5.92 Å². The molecule has 2 atom stereocenters. The third-order valence-corrected chi connectivity index (χ3v) is 8.17. The predicted octanol–water partition coefficient (Wildman–Crippen LogP) is 3.95. The summed E-state index contributed by atoms with van der Waals surface area (Å²) in [5.74, 6) is -3.17. The highest BCUT2D eigenvalue weighted by molar-refractivity contribution is 7.92. The quantitative estimate of drug-likeness (QED) is 0.494. The van der Waals surface area contributed by atoms with Crippen molar-refractivity contribution in [3.63, 3.8) is 0 Å². The lowest BCUT2D eigenvalue weighted by atomic mass is 10.1. The molecule has 1 fully saturated rings. The molecule has 9 nitrogen and oxygen atoms in total. The molecule has 2 N–H and O–H groups in total. The summed E-state index contributed by atoms with van der Waals surface area (Å²) in [5, 5.41) is 12.1. The van der Waals surface area contributed by atoms with E-state index in [4.69, 9.17) is 11.6 Å². The van der Waals surface area contributed by atoms with Crippen LogP contribution >= 0.6 is 22.9 Å². The maximum Gasteiger partial charge on any atom is 0.434 e. The van der Waals surface area contributed by atoms with Gasteiger partial charge in [0.15, 0.2) is 5.69 Å². The Bertz CT molecular complexity index is 1290. The standard InChI is InChI=1S/C20H18ClF3N4O5S2/c1-2-33-19(30)13-8-11(9-25)17(27-16(13)20(22,23)24)26-12-4-3-10(7-12)18(29)28-35(31,32)15-6-5-14(21)34-15/h5-6,8,10,12H,2-4,7H2,1H3,(H,26,27)(H,28,29). The highest BCUT2D eigenvalue weighted by Crippen LogP contribution is 2.35. The summed E-state index contributed by atoms with van der Waals surface area (Å²) in [6.45, 7) is 1.26. The highest BCUT2D eigenvalue weighted by Gasteiger charge is 2.40. The van der Waals surface area contributed by atoms with Gasteiger partial charge in [-0.2, -0.15) is 18.4 Å². The molecule has 2 heterocycles. The predicted molar refractivity (Wildman–Crippen MR) is 119 cm³/mol. The number of nitrogens with zero attached hydrogens (tertiary/aromatic N) is 2. The highest BCUT2D eigenvalue weighted by atomic mass is 35.5. The molecule has 1 aliphatic carbocycles. The van der Waals surface area contributed by atoms with Crippen LogP contribution in [-0.2, 0) is 25.7 Å². The summed E-state index contributed by atoms with van der Waals surface area (Å²) in [4.78, 5) is 28.0. The van der Waals surface area contributed by atoms with E-state index in [2.05, 4.69) is 15.0 Å². The van der Waals surface area contributed by atoms with E-state index < -0.39 is 57.1 Å². The van der Waals surface area contributed by atoms with Crippen molar-refractivity contribution in [3.8, 4) is 6.07 Å². The fourth-order valence-corrected chi connectivity index (χ4v) is 6.07. The molecule has 2 aromatic heterocycles. The second kappa shape index (κ2) is 10.4. The zero-order chi connectivity index (χ0) is 26.0. The number of hydrogen-bond donors (Lipinski definition) is 2. The Morgan fingerprint density at radius 2 is 2.06 bits per heavy atom. The van der Waals surface area contributed by atoms with Crippen LogP contribution in [0.4, 0.5) is 19.0 Å². The number of ether oxygens (including phenoxy) is 1. The van der Waals surface area contributed by atoms with Gasteiger partial charge in [-0.05, 0) is 44.4 Å². The summed E-state index contributed by atoms with van der Waals surface area (Å²) < 4.78 is 72.1. The first-order chi connectivity index (χ1) is 16.4. The number of amides is 1. The van der Waals surface area contributed by atoms with Crippen molar-refractivity contribution < 1.29 is 35.9 Å². The molecule has 0 spiro atoms. The molecule has 2 unspecified atom stereocenters. The van der Waals surface area contributed by atoms with Gasteiger partial charge >= 0.3 is 12.1 Å². The number of hydrogen-bond acceptors (Lipinski definition) is 9. The lowest BCUT2D eigenvalue weighted by Gasteiger charge is -2.18. The van der Waals surface area contributed by atoms with Crippen molar-refractivity contribution in [1.82, 2.24) is 9.71 Å². The number of pyridine rings is 1. The minimum atomic E-state index is -5.00. The number of nitrogens with one attached hydrogen (secondary N) is 2. The SMILES string of the molecule is CCOC(=O)c1cc(C#N)c(NC2CCC(C(=O)NS(=O)(=O)c3ccc(Cl)s3)C2)nc1C(F)(F)F. The summed E-state index contributed by atoms with van der Waals surface area (Å²) >= 11 is 6.52. The van der Waals surface area contributed by atoms with Crippen LogP contribution in [0.3, 0.4) is 0 Å². The summed E-state index contributed by atoms with van der Waals surface area (Å²) in [7, 11) is -4.11. The molecule has 188 valence electrons. The van der Waals surface area contributed by atoms with Crippen LogP contribution in [0.15, 0.2) is 22.4 Å². The first-order valence-corrected chi connectivity index (χ1v) is 12.8. The smallest absolute Gasteiger partial charge is 0.434 e. The number of halogens is 4. The van der Waals surface area contributed by atoms with E-state index in [1.807, 2.05) is 4.72 Å². The molecule has 2 aromatic rings. The Balaban J connectivity index is 1.77. The molecule has 15 heteroatoms. The van der Waals surface area contributed by atoms with E-state index >= 15 is 0 Å². The van der Waals surface area contributed by atoms with E-state index in [1.54, 1.807) is 6.07 Å². The number of rotatable bonds is 7. The van der Waals surface area contributed by atoms with E-state index in [1.165, 1.54) is 19.1 Å². The van der Waals surface area contributed by atoms with Gasteiger partial charge in [-0.15, -0.1) is 11.3 Å². The Morgan fingerprint density at radius 1 is 1.34 bits per heavy atom. The Hall–Kier alpha value is -2.89. The second-order valence-electron chi connectivity index (χ2n) is 7.49. The van der Waals surface area contributed by atoms with Crippen molar-refractivity contribution in [2.45, 2.75) is 42.6 Å². The number of nitriles is 1. The molecule has 1 amide bonds. The molecule has 35 heavy (non-hydrogen) atoms. The van der Waals surface area contributed by atoms with E-state index in [-0.39, 0.29) is 33.6 Å². The topological polar surface area (TPSA) is 138 Å². The van der Waals surface area contributed by atoms with Gasteiger partial charge < -0.3 is 10.1 Å². The average molecular weight is 551 g/mol. The molecule has 0 aromatic carbocycles. The van der Waals surface area contributed by atoms with Gasteiger partial charge in [0, 0.05) is 12.0 Å². The van der Waals surface area contributed by atoms with E-state index in [0.29, 0.717) is 6.42 Å². The fourth-order valence-electron chi connectivity index (χ4n) is 3.54. The maximum atomic E-state index is 13.5. The minimum absolute atomic E-state index is 0.0834. The summed E-state index contributed by atoms with van der Waals surface area (Å²) in [5.41, 5.74) is -2.71. The average Bonchev–Trinajstić information content (AvgIpc) is 3.42. The molecule has 0 radical (unpaired) electrons. The Labute approximate surface area is 207 Å². The van der Waals surface area contributed by atoms with Gasteiger partial charge in [-0.25, -0.2) is 22.9 Å². The number of thiophene rings is 1. The van der Waals surface area contributed by atoms with Gasteiger partial charge in [-0.3, -0.25) is 4.79 Å². The van der Waals surface area contributed by atoms with Crippen molar-refractivity contribution in [3.05, 3.63) is 39.4 Å². The first kappa shape index (κ1) is 26.7. The van der Waals surface area contributed by atoms with Crippen LogP contribution in [0.5, 0.6) is 0 Å². The molecule has 1 aliphatic rings. The van der Waals surface area contributed by atoms with Crippen molar-refractivity contribution in [1.29, 1.82) is 5.26 Å². The normalized spacial score (nSPS) is 18.1. The summed E-state index contributed by atoms with van der Waals surface area (Å²) in [6.07, 6.45) is -4.36. The van der Waals surface area contributed by atoms with Crippen LogP contribution < -0.4 is 10.0 Å². The van der Waals surface area contributed by atoms with Crippen LogP contribution in [0, 0.1) is 17.2 Å². The Kier molecular flexibility index (Phi) is 7.93. The van der Waals surface area contributed by atoms with Crippen molar-refractivity contribution >= 4 is 50.7 Å². The zero-order valence-electron chi connectivity index (χ0n) is 18.0. The van der Waals surface area contributed by atoms with Crippen molar-refractivity contribution in [2.75, 3.05) is 11.9 Å². The number of carbonyl (C=O) groups is 2. The number of sulfonamides is 1. The molecule has 0 saturated heterocycles. The molecular formula is C20H18ClF3N4O5S2. The molecule has 0 aliphatic heterocycles. The second-order valence-corrected chi connectivity index (χ2v) is 11.1. The van der Waals surface area contributed by atoms with E-state index in [0.717, 1.165) is 17.4 Å². The fraction of sp³-hybridized carbons (Fsp3) is 0.400. The van der Waals surface area contributed by atoms with Gasteiger partial charge in [0.25, 0.3) is 10.0 Å². The first-order valence-electron chi connectivity index (χ1n) is 10.1. The van der Waals surface area contributed by atoms with Gasteiger partial charge in [-0.1, -0.05) is 11.6 Å². The third kappa shape index (κ3) is 6.22. The summed E-state index contributed by atoms with van der Waals surface area (Å²) in [6, 6.07) is 4.53. The molecule has 3 rings (SSSR count). The zero-order valence-corrected chi connectivity index (χ0v) is 20.4. The number of aromatic nitrogens is 1. The lowest BCUT2D eigenvalue weighted by molar-refractivity contribution is -0.141. The number of esters is 1. The van der Waals surface area contributed by atoms with Gasteiger partial charge in [0.1, 0.15) is 16.1 Å².